The molecule has 3 rings (SSSR count). The number of hydrogen-bond donors (Lipinski definition) is 2. The van der Waals surface area contributed by atoms with E-state index < -0.39 is 12.1 Å². The van der Waals surface area contributed by atoms with Crippen molar-refractivity contribution in [2.45, 2.75) is 69.7 Å². The summed E-state index contributed by atoms with van der Waals surface area (Å²) in [5, 5.41) is 19.3. The van der Waals surface area contributed by atoms with E-state index in [0.717, 1.165) is 31.2 Å². The van der Waals surface area contributed by atoms with Crippen LogP contribution in [0.5, 0.6) is 0 Å². The number of hydrogen-bond acceptors (Lipinski definition) is 3. The average Bonchev–Trinajstić information content (AvgIpc) is 3.30. The van der Waals surface area contributed by atoms with Gasteiger partial charge in [0.25, 0.3) is 0 Å². The number of allylic oxidation sites excluding steroid dienone is 2. The fourth-order valence-corrected chi connectivity index (χ4v) is 4.49. The third-order valence-electron chi connectivity index (χ3n) is 6.19. The van der Waals surface area contributed by atoms with Crippen LogP contribution in [0.25, 0.3) is 0 Å². The molecule has 2 heterocycles. The summed E-state index contributed by atoms with van der Waals surface area (Å²) in [7, 11) is 0. The third kappa shape index (κ3) is 5.33. The number of benzene rings is 1. The van der Waals surface area contributed by atoms with E-state index in [1.165, 1.54) is 0 Å². The van der Waals surface area contributed by atoms with Crippen LogP contribution < -0.4 is 0 Å². The number of carboxylic acid groups (broad SMARTS) is 1. The SMILES string of the molecule is CC(c1ccccc1)C(O)/C=C\C1C2CCC(O2)C1C/C=C/CCCC(=O)O. The normalized spacial score (nSPS) is 28.9. The number of ether oxygens (including phenoxy) is 1. The van der Waals surface area contributed by atoms with Crippen LogP contribution in [-0.4, -0.2) is 34.5 Å². The Labute approximate surface area is 167 Å². The van der Waals surface area contributed by atoms with Crippen LogP contribution in [0.1, 0.15) is 56.9 Å². The summed E-state index contributed by atoms with van der Waals surface area (Å²) in [6.45, 7) is 2.05. The fraction of sp³-hybridized carbons (Fsp3) is 0.542. The van der Waals surface area contributed by atoms with Gasteiger partial charge in [0.1, 0.15) is 0 Å². The Kier molecular flexibility index (Phi) is 7.46. The molecule has 6 atom stereocenters. The second kappa shape index (κ2) is 10.0. The predicted octanol–water partition coefficient (Wildman–Crippen LogP) is 4.70. The van der Waals surface area contributed by atoms with Crippen molar-refractivity contribution in [2.24, 2.45) is 11.8 Å². The van der Waals surface area contributed by atoms with Gasteiger partial charge in [0, 0.05) is 18.3 Å². The summed E-state index contributed by atoms with van der Waals surface area (Å²) < 4.78 is 6.14. The van der Waals surface area contributed by atoms with E-state index in [2.05, 4.69) is 37.3 Å². The van der Waals surface area contributed by atoms with Crippen LogP contribution in [0, 0.1) is 11.8 Å². The number of rotatable bonds is 10. The fourth-order valence-electron chi connectivity index (χ4n) is 4.49. The summed E-state index contributed by atoms with van der Waals surface area (Å²) in [5.41, 5.74) is 1.14. The lowest BCUT2D eigenvalue weighted by Crippen LogP contribution is -2.26. The molecule has 2 aliphatic rings. The molecule has 0 saturated carbocycles. The number of carboxylic acids is 1. The maximum absolute atomic E-state index is 10.6. The quantitative estimate of drug-likeness (QED) is 0.453. The molecule has 0 radical (unpaired) electrons. The first-order valence-corrected chi connectivity index (χ1v) is 10.5. The highest BCUT2D eigenvalue weighted by molar-refractivity contribution is 5.66. The second-order valence-electron chi connectivity index (χ2n) is 8.10. The minimum atomic E-state index is -0.733. The van der Waals surface area contributed by atoms with Crippen molar-refractivity contribution in [1.82, 2.24) is 0 Å². The van der Waals surface area contributed by atoms with Crippen molar-refractivity contribution in [3.8, 4) is 0 Å². The number of unbranched alkanes of at least 4 members (excludes halogenated alkanes) is 1. The van der Waals surface area contributed by atoms with Crippen LogP contribution in [0.2, 0.25) is 0 Å². The lowest BCUT2D eigenvalue weighted by molar-refractivity contribution is -0.137. The molecule has 4 heteroatoms. The standard InChI is InChI=1S/C24H32O4/c1-17(18-9-5-4-6-10-18)21(25)14-13-20-19(22-15-16-23(20)28-22)11-7-2-3-8-12-24(26)27/h2,4-7,9-10,13-14,17,19-23,25H,3,8,11-12,15-16H2,1H3,(H,26,27)/b7-2+,14-13-. The van der Waals surface area contributed by atoms with Crippen LogP contribution in [0.3, 0.4) is 0 Å². The van der Waals surface area contributed by atoms with Crippen molar-refractivity contribution < 1.29 is 19.7 Å². The van der Waals surface area contributed by atoms with E-state index in [1.807, 2.05) is 24.3 Å². The molecular weight excluding hydrogens is 352 g/mol. The molecule has 0 aliphatic carbocycles. The third-order valence-corrected chi connectivity index (χ3v) is 6.19. The summed E-state index contributed by atoms with van der Waals surface area (Å²) in [6.07, 6.45) is 13.4. The number of fused-ring (bicyclic) bond motifs is 2. The molecule has 0 amide bonds. The molecule has 0 spiro atoms. The molecule has 0 aromatic heterocycles. The Balaban J connectivity index is 1.54. The Morgan fingerprint density at radius 3 is 2.71 bits per heavy atom. The maximum atomic E-state index is 10.6. The minimum absolute atomic E-state index is 0.0598. The highest BCUT2D eigenvalue weighted by Crippen LogP contribution is 2.46. The van der Waals surface area contributed by atoms with Gasteiger partial charge < -0.3 is 14.9 Å². The number of carbonyl (C=O) groups is 1. The van der Waals surface area contributed by atoms with Gasteiger partial charge in [-0.2, -0.15) is 0 Å². The summed E-state index contributed by atoms with van der Waals surface area (Å²) >= 11 is 0. The van der Waals surface area contributed by atoms with E-state index in [4.69, 9.17) is 9.84 Å². The molecule has 4 nitrogen and oxygen atoms in total. The molecule has 152 valence electrons. The molecule has 1 aromatic rings. The Bertz CT molecular complexity index is 681. The zero-order chi connectivity index (χ0) is 19.9. The number of aliphatic hydroxyl groups excluding tert-OH is 1. The second-order valence-corrected chi connectivity index (χ2v) is 8.10. The van der Waals surface area contributed by atoms with Crippen LogP contribution in [0.15, 0.2) is 54.6 Å². The smallest absolute Gasteiger partial charge is 0.303 e. The van der Waals surface area contributed by atoms with E-state index >= 15 is 0 Å². The first kappa shape index (κ1) is 20.8. The topological polar surface area (TPSA) is 66.8 Å². The molecule has 28 heavy (non-hydrogen) atoms. The van der Waals surface area contributed by atoms with Gasteiger partial charge in [0.2, 0.25) is 0 Å². The Morgan fingerprint density at radius 1 is 1.21 bits per heavy atom. The number of aliphatic hydroxyl groups is 1. The molecule has 2 aliphatic heterocycles. The monoisotopic (exact) mass is 384 g/mol. The number of aliphatic carboxylic acids is 1. The molecule has 2 fully saturated rings. The molecule has 2 N–H and O–H groups in total. The van der Waals surface area contributed by atoms with E-state index in [1.54, 1.807) is 0 Å². The predicted molar refractivity (Wildman–Crippen MR) is 110 cm³/mol. The zero-order valence-electron chi connectivity index (χ0n) is 16.6. The van der Waals surface area contributed by atoms with Gasteiger partial charge in [-0.1, -0.05) is 61.6 Å². The van der Waals surface area contributed by atoms with Gasteiger partial charge in [-0.15, -0.1) is 0 Å². The van der Waals surface area contributed by atoms with Crippen LogP contribution in [0.4, 0.5) is 0 Å². The summed E-state index contributed by atoms with van der Waals surface area (Å²) in [4.78, 5) is 10.6. The minimum Gasteiger partial charge on any atom is -0.481 e. The molecule has 2 saturated heterocycles. The lowest BCUT2D eigenvalue weighted by Gasteiger charge is -2.25. The van der Waals surface area contributed by atoms with Crippen LogP contribution >= 0.6 is 0 Å². The van der Waals surface area contributed by atoms with Crippen molar-refractivity contribution in [3.05, 3.63) is 60.2 Å². The molecule has 1 aromatic carbocycles. The Hall–Kier alpha value is -1.91. The van der Waals surface area contributed by atoms with Crippen molar-refractivity contribution in [1.29, 1.82) is 0 Å². The van der Waals surface area contributed by atoms with E-state index in [-0.39, 0.29) is 18.4 Å². The van der Waals surface area contributed by atoms with Gasteiger partial charge in [-0.25, -0.2) is 0 Å². The largest absolute Gasteiger partial charge is 0.481 e. The summed E-state index contributed by atoms with van der Waals surface area (Å²) in [5.74, 6) is 0.123. The van der Waals surface area contributed by atoms with Gasteiger partial charge in [-0.05, 0) is 43.6 Å². The highest BCUT2D eigenvalue weighted by Gasteiger charge is 2.46. The van der Waals surface area contributed by atoms with E-state index in [9.17, 15) is 9.90 Å². The Morgan fingerprint density at radius 2 is 1.96 bits per heavy atom. The first-order chi connectivity index (χ1) is 13.6. The van der Waals surface area contributed by atoms with Crippen molar-refractivity contribution in [3.63, 3.8) is 0 Å². The average molecular weight is 385 g/mol. The molecule has 6 unspecified atom stereocenters. The van der Waals surface area contributed by atoms with Crippen molar-refractivity contribution in [2.75, 3.05) is 0 Å². The van der Waals surface area contributed by atoms with Crippen LogP contribution in [-0.2, 0) is 9.53 Å². The van der Waals surface area contributed by atoms with Gasteiger partial charge in [-0.3, -0.25) is 4.79 Å². The van der Waals surface area contributed by atoms with Gasteiger partial charge in [0.15, 0.2) is 0 Å². The van der Waals surface area contributed by atoms with E-state index in [0.29, 0.717) is 24.4 Å². The lowest BCUT2D eigenvalue weighted by atomic mass is 9.77. The van der Waals surface area contributed by atoms with Gasteiger partial charge in [0.05, 0.1) is 18.3 Å². The van der Waals surface area contributed by atoms with Gasteiger partial charge >= 0.3 is 5.97 Å². The summed E-state index contributed by atoms with van der Waals surface area (Å²) in [6, 6.07) is 10.1. The first-order valence-electron chi connectivity index (χ1n) is 10.5. The zero-order valence-corrected chi connectivity index (χ0v) is 16.6. The molecule has 2 bridgehead atoms. The van der Waals surface area contributed by atoms with Crippen molar-refractivity contribution >= 4 is 5.97 Å². The molecular formula is C24H32O4. The highest BCUT2D eigenvalue weighted by atomic mass is 16.5. The maximum Gasteiger partial charge on any atom is 0.303 e.